The molecule has 1 heterocycles. The van der Waals surface area contributed by atoms with Gasteiger partial charge in [0.1, 0.15) is 12.4 Å². The Balaban J connectivity index is 2.45. The van der Waals surface area contributed by atoms with E-state index in [0.29, 0.717) is 6.42 Å². The molecule has 0 aliphatic heterocycles. The Morgan fingerprint density at radius 2 is 1.73 bits per heavy atom. The number of carbonyl (C=O) groups is 1. The van der Waals surface area contributed by atoms with E-state index in [1.807, 2.05) is 9.47 Å². The summed E-state index contributed by atoms with van der Waals surface area (Å²) in [6.07, 6.45) is 2.32. The molecule has 5 heteroatoms. The van der Waals surface area contributed by atoms with Crippen molar-refractivity contribution in [3.63, 3.8) is 0 Å². The third kappa shape index (κ3) is 4.09. The van der Waals surface area contributed by atoms with Gasteiger partial charge in [-0.3, -0.25) is 4.79 Å². The molecule has 1 aromatic carbocycles. The molecule has 0 spiro atoms. The summed E-state index contributed by atoms with van der Waals surface area (Å²) in [6, 6.07) is 4.58. The number of hydrogen-bond donors (Lipinski definition) is 1. The summed E-state index contributed by atoms with van der Waals surface area (Å²) in [4.78, 5) is 19.9. The molecule has 1 amide bonds. The molecule has 1 N–H and O–H groups in total. The topological polar surface area (TPSA) is 58.4 Å². The van der Waals surface area contributed by atoms with E-state index in [9.17, 15) is 9.90 Å². The third-order valence-electron chi connectivity index (χ3n) is 5.49. The van der Waals surface area contributed by atoms with Crippen molar-refractivity contribution in [2.24, 2.45) is 0 Å². The standard InChI is InChI=1S/C21H33N3O2/c1-7-16(5)24(17(6)8-2)21(26)13-23-19-12-15(4)14(3)11-18(19)22-20(23)9-10-25/h11-12,16-17,25H,7-10,13H2,1-6H3. The molecule has 2 unspecified atom stereocenters. The number of imidazole rings is 1. The van der Waals surface area contributed by atoms with Crippen molar-refractivity contribution in [1.82, 2.24) is 14.5 Å². The Kier molecular flexibility index (Phi) is 6.81. The van der Waals surface area contributed by atoms with Crippen LogP contribution in [0.15, 0.2) is 12.1 Å². The van der Waals surface area contributed by atoms with E-state index in [2.05, 4.69) is 58.7 Å². The minimum Gasteiger partial charge on any atom is -0.396 e. The summed E-state index contributed by atoms with van der Waals surface area (Å²) in [7, 11) is 0. The normalized spacial score (nSPS) is 13.8. The van der Waals surface area contributed by atoms with Crippen LogP contribution >= 0.6 is 0 Å². The van der Waals surface area contributed by atoms with Gasteiger partial charge in [0.25, 0.3) is 0 Å². The van der Waals surface area contributed by atoms with E-state index >= 15 is 0 Å². The molecular formula is C21H33N3O2. The van der Waals surface area contributed by atoms with Gasteiger partial charge < -0.3 is 14.6 Å². The van der Waals surface area contributed by atoms with E-state index in [1.54, 1.807) is 0 Å². The first-order valence-corrected chi connectivity index (χ1v) is 9.72. The quantitative estimate of drug-likeness (QED) is 0.783. The minimum absolute atomic E-state index is 0.0237. The highest BCUT2D eigenvalue weighted by Crippen LogP contribution is 2.22. The molecule has 2 atom stereocenters. The van der Waals surface area contributed by atoms with Crippen LogP contribution in [0.25, 0.3) is 11.0 Å². The van der Waals surface area contributed by atoms with Gasteiger partial charge in [0, 0.05) is 18.5 Å². The summed E-state index contributed by atoms with van der Waals surface area (Å²) >= 11 is 0. The van der Waals surface area contributed by atoms with Crippen LogP contribution in [0, 0.1) is 13.8 Å². The maximum Gasteiger partial charge on any atom is 0.243 e. The Hall–Kier alpha value is -1.88. The van der Waals surface area contributed by atoms with Crippen molar-refractivity contribution >= 4 is 16.9 Å². The summed E-state index contributed by atoms with van der Waals surface area (Å²) in [5.41, 5.74) is 4.23. The smallest absolute Gasteiger partial charge is 0.243 e. The second-order valence-corrected chi connectivity index (χ2v) is 7.33. The molecule has 26 heavy (non-hydrogen) atoms. The molecule has 0 bridgehead atoms. The maximum absolute atomic E-state index is 13.2. The van der Waals surface area contributed by atoms with Crippen LogP contribution in [0.5, 0.6) is 0 Å². The first-order valence-electron chi connectivity index (χ1n) is 9.72. The van der Waals surface area contributed by atoms with E-state index < -0.39 is 0 Å². The van der Waals surface area contributed by atoms with Gasteiger partial charge in [-0.05, 0) is 63.8 Å². The molecule has 2 aromatic rings. The first kappa shape index (κ1) is 20.4. The number of aromatic nitrogens is 2. The molecule has 0 radical (unpaired) electrons. The Bertz CT molecular complexity index is 756. The fraction of sp³-hybridized carbons (Fsp3) is 0.619. The largest absolute Gasteiger partial charge is 0.396 e. The zero-order chi connectivity index (χ0) is 19.4. The van der Waals surface area contributed by atoms with Crippen molar-refractivity contribution in [3.8, 4) is 0 Å². The number of nitrogens with zero attached hydrogens (tertiary/aromatic N) is 3. The lowest BCUT2D eigenvalue weighted by molar-refractivity contribution is -0.136. The van der Waals surface area contributed by atoms with Gasteiger partial charge in [-0.25, -0.2) is 4.98 Å². The van der Waals surface area contributed by atoms with Crippen LogP contribution in [0.1, 0.15) is 57.5 Å². The first-order chi connectivity index (χ1) is 12.3. The van der Waals surface area contributed by atoms with Gasteiger partial charge >= 0.3 is 0 Å². The van der Waals surface area contributed by atoms with Crippen LogP contribution in [0.2, 0.25) is 0 Å². The van der Waals surface area contributed by atoms with E-state index in [1.165, 1.54) is 11.1 Å². The van der Waals surface area contributed by atoms with Crippen LogP contribution < -0.4 is 0 Å². The predicted octanol–water partition coefficient (Wildman–Crippen LogP) is 3.61. The van der Waals surface area contributed by atoms with Gasteiger partial charge in [0.05, 0.1) is 17.6 Å². The SMILES string of the molecule is CCC(C)N(C(=O)Cn1c(CCO)nc2cc(C)c(C)cc21)C(C)CC. The second-order valence-electron chi connectivity index (χ2n) is 7.33. The van der Waals surface area contributed by atoms with Crippen molar-refractivity contribution < 1.29 is 9.90 Å². The lowest BCUT2D eigenvalue weighted by Crippen LogP contribution is -2.45. The van der Waals surface area contributed by atoms with Crippen LogP contribution in [-0.2, 0) is 17.8 Å². The van der Waals surface area contributed by atoms with E-state index in [-0.39, 0.29) is 31.1 Å². The summed E-state index contributed by atoms with van der Waals surface area (Å²) in [5.74, 6) is 0.888. The molecule has 0 aliphatic rings. The van der Waals surface area contributed by atoms with Crippen molar-refractivity contribution in [2.45, 2.75) is 79.4 Å². The number of rotatable bonds is 8. The summed E-state index contributed by atoms with van der Waals surface area (Å²) < 4.78 is 1.98. The fourth-order valence-electron chi connectivity index (χ4n) is 3.43. The molecule has 5 nitrogen and oxygen atoms in total. The second kappa shape index (κ2) is 8.67. The van der Waals surface area contributed by atoms with Crippen molar-refractivity contribution in [2.75, 3.05) is 6.61 Å². The molecule has 144 valence electrons. The Morgan fingerprint density at radius 1 is 1.15 bits per heavy atom. The van der Waals surface area contributed by atoms with Crippen molar-refractivity contribution in [3.05, 3.63) is 29.1 Å². The highest BCUT2D eigenvalue weighted by Gasteiger charge is 2.25. The average molecular weight is 360 g/mol. The number of benzene rings is 1. The molecule has 1 aromatic heterocycles. The fourth-order valence-corrected chi connectivity index (χ4v) is 3.43. The summed E-state index contributed by atoms with van der Waals surface area (Å²) in [5, 5.41) is 9.43. The lowest BCUT2D eigenvalue weighted by Gasteiger charge is -2.34. The van der Waals surface area contributed by atoms with Crippen LogP contribution in [0.4, 0.5) is 0 Å². The van der Waals surface area contributed by atoms with Crippen molar-refractivity contribution in [1.29, 1.82) is 0 Å². The number of fused-ring (bicyclic) bond motifs is 1. The van der Waals surface area contributed by atoms with Gasteiger partial charge in [-0.15, -0.1) is 0 Å². The molecule has 0 saturated heterocycles. The highest BCUT2D eigenvalue weighted by molar-refractivity contribution is 5.82. The molecule has 2 rings (SSSR count). The predicted molar refractivity (Wildman–Crippen MR) is 106 cm³/mol. The molecule has 0 aliphatic carbocycles. The minimum atomic E-state index is 0.0237. The highest BCUT2D eigenvalue weighted by atomic mass is 16.3. The average Bonchev–Trinajstić information content (AvgIpc) is 2.92. The van der Waals surface area contributed by atoms with Crippen LogP contribution in [0.3, 0.4) is 0 Å². The van der Waals surface area contributed by atoms with E-state index in [4.69, 9.17) is 0 Å². The number of amides is 1. The number of aliphatic hydroxyl groups excluding tert-OH is 1. The maximum atomic E-state index is 13.2. The van der Waals surface area contributed by atoms with Gasteiger partial charge in [-0.2, -0.15) is 0 Å². The zero-order valence-electron chi connectivity index (χ0n) is 17.0. The Labute approximate surface area is 157 Å². The number of hydrogen-bond acceptors (Lipinski definition) is 3. The van der Waals surface area contributed by atoms with Gasteiger partial charge in [-0.1, -0.05) is 13.8 Å². The third-order valence-corrected chi connectivity index (χ3v) is 5.49. The van der Waals surface area contributed by atoms with E-state index in [0.717, 1.165) is 29.7 Å². The number of carbonyl (C=O) groups excluding carboxylic acids is 1. The number of aliphatic hydroxyl groups is 1. The monoisotopic (exact) mass is 359 g/mol. The number of aryl methyl sites for hydroxylation is 2. The lowest BCUT2D eigenvalue weighted by atomic mass is 10.1. The molecule has 0 fully saturated rings. The van der Waals surface area contributed by atoms with Crippen LogP contribution in [-0.4, -0.2) is 44.2 Å². The Morgan fingerprint density at radius 3 is 2.27 bits per heavy atom. The zero-order valence-corrected chi connectivity index (χ0v) is 17.0. The van der Waals surface area contributed by atoms with Gasteiger partial charge in [0.2, 0.25) is 5.91 Å². The summed E-state index contributed by atoms with van der Waals surface area (Å²) in [6.45, 7) is 12.9. The molecular weight excluding hydrogens is 326 g/mol. The molecule has 0 saturated carbocycles. The van der Waals surface area contributed by atoms with Gasteiger partial charge in [0.15, 0.2) is 0 Å².